The molecule has 1 saturated heterocycles. The van der Waals surface area contributed by atoms with E-state index in [1.165, 1.54) is 0 Å². The fourth-order valence-corrected chi connectivity index (χ4v) is 3.72. The maximum absolute atomic E-state index is 12.6. The number of carboxylic acid groups (broad SMARTS) is 1. The number of carbonyl (C=O) groups excluding carboxylic acids is 1. The number of anilines is 1. The van der Waals surface area contributed by atoms with Gasteiger partial charge >= 0.3 is 5.97 Å². The molecule has 6 heteroatoms. The van der Waals surface area contributed by atoms with E-state index in [0.29, 0.717) is 0 Å². The van der Waals surface area contributed by atoms with Crippen molar-refractivity contribution < 1.29 is 19.4 Å². The normalized spacial score (nSPS) is 25.4. The summed E-state index contributed by atoms with van der Waals surface area (Å²) in [4.78, 5) is 26.2. The summed E-state index contributed by atoms with van der Waals surface area (Å²) < 4.78 is 5.37. The summed E-state index contributed by atoms with van der Waals surface area (Å²) in [5.74, 6) is -2.19. The van der Waals surface area contributed by atoms with Crippen LogP contribution in [0, 0.1) is 24.2 Å². The summed E-state index contributed by atoms with van der Waals surface area (Å²) in [6.07, 6.45) is 0. The first-order chi connectivity index (χ1) is 11.8. The van der Waals surface area contributed by atoms with Gasteiger partial charge in [-0.2, -0.15) is 0 Å². The summed E-state index contributed by atoms with van der Waals surface area (Å²) >= 11 is 0. The number of benzene rings is 1. The van der Waals surface area contributed by atoms with Crippen LogP contribution < -0.4 is 5.32 Å². The Morgan fingerprint density at radius 1 is 1.28 bits per heavy atom. The Labute approximate surface area is 148 Å². The SMILES string of the molecule is Cc1ccc(CN2CCOCC2)cc1NC(=O)[C@@H]1[C@H](C(=O)O)C1(C)C. The van der Waals surface area contributed by atoms with Gasteiger partial charge in [0.15, 0.2) is 0 Å². The van der Waals surface area contributed by atoms with Crippen molar-refractivity contribution >= 4 is 17.6 Å². The van der Waals surface area contributed by atoms with Gasteiger partial charge in [-0.1, -0.05) is 26.0 Å². The number of aryl methyl sites for hydroxylation is 1. The van der Waals surface area contributed by atoms with Crippen molar-refractivity contribution in [3.05, 3.63) is 29.3 Å². The van der Waals surface area contributed by atoms with Crippen molar-refractivity contribution in [3.63, 3.8) is 0 Å². The number of carbonyl (C=O) groups is 2. The van der Waals surface area contributed by atoms with Crippen LogP contribution in [0.25, 0.3) is 0 Å². The van der Waals surface area contributed by atoms with E-state index < -0.39 is 23.2 Å². The second-order valence-electron chi connectivity index (χ2n) is 7.64. The van der Waals surface area contributed by atoms with Crippen LogP contribution in [0.1, 0.15) is 25.0 Å². The first-order valence-corrected chi connectivity index (χ1v) is 8.74. The predicted molar refractivity (Wildman–Crippen MR) is 94.3 cm³/mol. The van der Waals surface area contributed by atoms with E-state index in [4.69, 9.17) is 4.74 Å². The molecular formula is C19H26N2O4. The predicted octanol–water partition coefficient (Wildman–Crippen LogP) is 2.12. The molecule has 2 fully saturated rings. The highest BCUT2D eigenvalue weighted by atomic mass is 16.5. The molecule has 2 aliphatic rings. The number of nitrogens with zero attached hydrogens (tertiary/aromatic N) is 1. The number of amides is 1. The monoisotopic (exact) mass is 346 g/mol. The molecule has 1 aliphatic heterocycles. The third kappa shape index (κ3) is 3.70. The van der Waals surface area contributed by atoms with Crippen LogP contribution in [0.2, 0.25) is 0 Å². The molecule has 1 aromatic carbocycles. The second kappa shape index (κ2) is 6.77. The van der Waals surface area contributed by atoms with Crippen LogP contribution >= 0.6 is 0 Å². The Kier molecular flexibility index (Phi) is 4.84. The standard InChI is InChI=1S/C19H26N2O4/c1-12-4-5-13(11-21-6-8-25-9-7-21)10-14(12)20-17(22)15-16(18(23)24)19(15,2)3/h4-5,10,15-16H,6-9,11H2,1-3H3,(H,20,22)(H,23,24)/t15-,16+/m0/s1. The van der Waals surface area contributed by atoms with Crippen molar-refractivity contribution in [1.29, 1.82) is 0 Å². The maximum atomic E-state index is 12.6. The molecule has 1 aliphatic carbocycles. The summed E-state index contributed by atoms with van der Waals surface area (Å²) in [5, 5.41) is 12.2. The Balaban J connectivity index is 1.68. The zero-order chi connectivity index (χ0) is 18.2. The van der Waals surface area contributed by atoms with E-state index in [-0.39, 0.29) is 5.91 Å². The minimum atomic E-state index is -0.900. The second-order valence-corrected chi connectivity index (χ2v) is 7.64. The lowest BCUT2D eigenvalue weighted by atomic mass is 10.1. The average molecular weight is 346 g/mol. The summed E-state index contributed by atoms with van der Waals surface area (Å²) in [5.41, 5.74) is 2.38. The number of nitrogens with one attached hydrogen (secondary N) is 1. The molecular weight excluding hydrogens is 320 g/mol. The van der Waals surface area contributed by atoms with Crippen molar-refractivity contribution in [2.45, 2.75) is 27.3 Å². The Morgan fingerprint density at radius 3 is 2.56 bits per heavy atom. The fourth-order valence-electron chi connectivity index (χ4n) is 3.72. The first-order valence-electron chi connectivity index (χ1n) is 8.74. The van der Waals surface area contributed by atoms with Crippen molar-refractivity contribution in [1.82, 2.24) is 4.90 Å². The Morgan fingerprint density at radius 2 is 1.96 bits per heavy atom. The Bertz CT molecular complexity index is 680. The molecule has 0 radical (unpaired) electrons. The number of hydrogen-bond acceptors (Lipinski definition) is 4. The third-order valence-electron chi connectivity index (χ3n) is 5.45. The van der Waals surface area contributed by atoms with Gasteiger partial charge in [-0.15, -0.1) is 0 Å². The van der Waals surface area contributed by atoms with Gasteiger partial charge in [0.05, 0.1) is 25.0 Å². The molecule has 136 valence electrons. The maximum Gasteiger partial charge on any atom is 0.307 e. The molecule has 0 bridgehead atoms. The zero-order valence-electron chi connectivity index (χ0n) is 15.0. The van der Waals surface area contributed by atoms with E-state index in [0.717, 1.165) is 49.7 Å². The highest BCUT2D eigenvalue weighted by molar-refractivity contribution is 6.00. The lowest BCUT2D eigenvalue weighted by Crippen LogP contribution is -2.35. The van der Waals surface area contributed by atoms with Gasteiger partial charge in [0.25, 0.3) is 0 Å². The lowest BCUT2D eigenvalue weighted by Gasteiger charge is -2.26. The van der Waals surface area contributed by atoms with E-state index in [9.17, 15) is 14.7 Å². The molecule has 25 heavy (non-hydrogen) atoms. The molecule has 1 amide bonds. The number of morpholine rings is 1. The van der Waals surface area contributed by atoms with Gasteiger partial charge in [0.2, 0.25) is 5.91 Å². The number of hydrogen-bond donors (Lipinski definition) is 2. The molecule has 1 heterocycles. The molecule has 2 atom stereocenters. The van der Waals surface area contributed by atoms with Crippen molar-refractivity contribution in [3.8, 4) is 0 Å². The molecule has 1 saturated carbocycles. The van der Waals surface area contributed by atoms with E-state index in [1.54, 1.807) is 0 Å². The third-order valence-corrected chi connectivity index (χ3v) is 5.45. The highest BCUT2D eigenvalue weighted by Crippen LogP contribution is 2.58. The number of carboxylic acids is 1. The van der Waals surface area contributed by atoms with Gasteiger partial charge in [-0.3, -0.25) is 14.5 Å². The first kappa shape index (κ1) is 17.9. The molecule has 3 rings (SSSR count). The van der Waals surface area contributed by atoms with Crippen LogP contribution in [0.5, 0.6) is 0 Å². The minimum absolute atomic E-state index is 0.205. The van der Waals surface area contributed by atoms with E-state index in [1.807, 2.05) is 32.9 Å². The largest absolute Gasteiger partial charge is 0.481 e. The van der Waals surface area contributed by atoms with E-state index >= 15 is 0 Å². The number of ether oxygens (including phenoxy) is 1. The Hall–Kier alpha value is -1.92. The van der Waals surface area contributed by atoms with Gasteiger partial charge in [0, 0.05) is 25.3 Å². The molecule has 0 unspecified atom stereocenters. The smallest absolute Gasteiger partial charge is 0.307 e. The van der Waals surface area contributed by atoms with Crippen LogP contribution in [0.15, 0.2) is 18.2 Å². The average Bonchev–Trinajstić information content (AvgIpc) is 3.14. The summed E-state index contributed by atoms with van der Waals surface area (Å²) in [7, 11) is 0. The van der Waals surface area contributed by atoms with Crippen LogP contribution in [0.3, 0.4) is 0 Å². The van der Waals surface area contributed by atoms with Gasteiger partial charge in [-0.25, -0.2) is 0 Å². The van der Waals surface area contributed by atoms with Crippen molar-refractivity contribution in [2.75, 3.05) is 31.6 Å². The molecule has 0 spiro atoms. The van der Waals surface area contributed by atoms with Gasteiger partial charge in [0.1, 0.15) is 0 Å². The van der Waals surface area contributed by atoms with Gasteiger partial charge < -0.3 is 15.2 Å². The fraction of sp³-hybridized carbons (Fsp3) is 0.579. The van der Waals surface area contributed by atoms with Crippen LogP contribution in [-0.4, -0.2) is 48.2 Å². The lowest BCUT2D eigenvalue weighted by molar-refractivity contribution is -0.140. The molecule has 6 nitrogen and oxygen atoms in total. The molecule has 0 aromatic heterocycles. The minimum Gasteiger partial charge on any atom is -0.481 e. The summed E-state index contributed by atoms with van der Waals surface area (Å²) in [6.45, 7) is 9.75. The van der Waals surface area contributed by atoms with Crippen LogP contribution in [0.4, 0.5) is 5.69 Å². The number of aliphatic carboxylic acids is 1. The topological polar surface area (TPSA) is 78.9 Å². The van der Waals surface area contributed by atoms with Gasteiger partial charge in [-0.05, 0) is 29.5 Å². The zero-order valence-corrected chi connectivity index (χ0v) is 15.0. The van der Waals surface area contributed by atoms with E-state index in [2.05, 4.69) is 16.3 Å². The quantitative estimate of drug-likeness (QED) is 0.854. The molecule has 1 aromatic rings. The highest BCUT2D eigenvalue weighted by Gasteiger charge is 2.65. The summed E-state index contributed by atoms with van der Waals surface area (Å²) in [6, 6.07) is 6.06. The van der Waals surface area contributed by atoms with Crippen molar-refractivity contribution in [2.24, 2.45) is 17.3 Å². The van der Waals surface area contributed by atoms with Crippen LogP contribution in [-0.2, 0) is 20.9 Å². The molecule has 2 N–H and O–H groups in total. The number of rotatable bonds is 5.